The molecule has 0 atom stereocenters. The monoisotopic (exact) mass is 1690 g/mol. The highest BCUT2D eigenvalue weighted by Gasteiger charge is 2.62. The number of rotatable bonds is 28. The molecule has 0 aliphatic rings. The largest absolute Gasteiger partial charge is 0.399 e. The number of benzene rings is 1. The minimum Gasteiger partial charge on any atom is -0.399 e. The lowest BCUT2D eigenvalue weighted by Gasteiger charge is -2.37. The van der Waals surface area contributed by atoms with Gasteiger partial charge in [-0.15, -0.1) is 0 Å². The molecule has 70 heteroatoms. The third-order valence-electron chi connectivity index (χ3n) is 9.95. The summed E-state index contributed by atoms with van der Waals surface area (Å²) >= 11 is 0. The van der Waals surface area contributed by atoms with Gasteiger partial charge < -0.3 is 168 Å². The zero-order chi connectivity index (χ0) is 76.6. The minimum atomic E-state index is -5.69. The van der Waals surface area contributed by atoms with Crippen LogP contribution in [0.5, 0.6) is 0 Å². The van der Waals surface area contributed by atoms with Crippen molar-refractivity contribution in [2.24, 2.45) is 0 Å². The molecule has 1 aromatic rings. The quantitative estimate of drug-likeness (QED) is 0.0278. The smallest absolute Gasteiger partial charge is 0.355 e. The molecule has 0 heterocycles. The van der Waals surface area contributed by atoms with E-state index in [9.17, 15) is 73.0 Å². The molecule has 0 fully saturated rings. The molecule has 0 bridgehead atoms. The summed E-state index contributed by atoms with van der Waals surface area (Å²) in [5, 5.41) is 0. The van der Waals surface area contributed by atoms with E-state index in [1.807, 2.05) is 19.1 Å². The van der Waals surface area contributed by atoms with Gasteiger partial charge in [0.05, 0.1) is 0 Å². The third kappa shape index (κ3) is 34.3. The van der Waals surface area contributed by atoms with Crippen molar-refractivity contribution in [2.75, 3.05) is 37.6 Å². The number of anilines is 2. The van der Waals surface area contributed by atoms with Crippen LogP contribution in [0.15, 0.2) is 18.2 Å². The summed E-state index contributed by atoms with van der Waals surface area (Å²) in [4.78, 5) is 286. The Morgan fingerprint density at radius 2 is 0.366 bits per heavy atom. The van der Waals surface area contributed by atoms with Gasteiger partial charge in [0.2, 0.25) is 44.2 Å². The van der Waals surface area contributed by atoms with Gasteiger partial charge in [-0.1, -0.05) is 33.8 Å². The number of nitrogens with zero attached hydrogens (tertiary/aromatic N) is 4. The van der Waals surface area contributed by atoms with E-state index >= 15 is 0 Å². The van der Waals surface area contributed by atoms with E-state index in [4.69, 9.17) is 168 Å². The molecule has 0 unspecified atom stereocenters. The molecule has 0 radical (unpaired) electrons. The molecule has 36 N–H and O–H groups in total. The first-order valence-electron chi connectivity index (χ1n) is 22.4. The van der Waals surface area contributed by atoms with Crippen molar-refractivity contribution in [1.82, 2.24) is 19.6 Å². The van der Waals surface area contributed by atoms with E-state index < -0.39 is 192 Å². The number of hydrogen-bond donors (Lipinski definition) is 34. The van der Waals surface area contributed by atoms with E-state index in [-0.39, 0.29) is 19.6 Å². The highest BCUT2D eigenvalue weighted by Crippen LogP contribution is 2.73. The number of hydrogen-bond acceptors (Lipinski definition) is 22. The molecule has 54 nitrogen and oxygen atoms in total. The van der Waals surface area contributed by atoms with Crippen LogP contribution >= 0.6 is 122 Å². The number of aryl methyl sites for hydroxylation is 1. The van der Waals surface area contributed by atoms with Crippen molar-refractivity contribution in [3.8, 4) is 0 Å². The first-order valence-corrected chi connectivity index (χ1v) is 49.3. The van der Waals surface area contributed by atoms with E-state index in [2.05, 4.69) is 0 Å². The highest BCUT2D eigenvalue weighted by atomic mass is 31.3. The van der Waals surface area contributed by atoms with Gasteiger partial charge in [-0.25, -0.2) is 0 Å². The predicted octanol–water partition coefficient (Wildman–Crippen LogP) is -4.50. The van der Waals surface area contributed by atoms with Crippen LogP contribution in [-0.2, 0) is 73.0 Å². The van der Waals surface area contributed by atoms with Gasteiger partial charge in [0.25, 0.3) is 0 Å². The third-order valence-corrected chi connectivity index (χ3v) is 38.8. The molecule has 560 valence electrons. The molecule has 0 saturated carbocycles. The minimum absolute atomic E-state index is 0.261. The van der Waals surface area contributed by atoms with E-state index in [1.165, 1.54) is 0 Å². The fraction of sp³-hybridized carbons (Fsp3) is 0.739. The molecule has 0 aromatic heterocycles. The molecule has 0 spiro atoms. The average Bonchev–Trinajstić information content (AvgIpc) is 0.814. The zero-order valence-electron chi connectivity index (χ0n) is 46.6. The van der Waals surface area contributed by atoms with Crippen LogP contribution in [0.3, 0.4) is 0 Å². The lowest BCUT2D eigenvalue weighted by Crippen LogP contribution is -2.42. The number of nitrogen functional groups attached to an aromatic ring is 2. The molecular formula is C23H70N6O48P16. The van der Waals surface area contributed by atoms with Crippen molar-refractivity contribution in [1.29, 1.82) is 0 Å². The Hall–Kier alpha value is 1.06. The standard InChI is InChI=1S/C7H10N2.4C4H15NO12P4/c1-5-2-3-6(8)4-7(5)9;4*1-2-5(3(18(6,7)8)19(9,10)11)4(20(12,13)14)21(15,16)17/h2-4H,8-9H2,1H3;4*3-4H,2H2,1H3,(H2,6,7,8)(H2,9,10,11)(H2,12,13,14)(H2,15,16,17). The second-order valence-electron chi connectivity index (χ2n) is 17.6. The fourth-order valence-corrected chi connectivity index (χ4v) is 32.3. The van der Waals surface area contributed by atoms with Crippen LogP contribution in [0.1, 0.15) is 33.3 Å². The molecule has 1 aromatic carbocycles. The van der Waals surface area contributed by atoms with E-state index in [0.717, 1.165) is 44.6 Å². The van der Waals surface area contributed by atoms with Crippen molar-refractivity contribution in [3.05, 3.63) is 23.8 Å². The Bertz CT molecular complexity index is 2690. The van der Waals surface area contributed by atoms with E-state index in [1.54, 1.807) is 6.07 Å². The molecular weight excluding hydrogens is 1620 g/mol. The normalized spacial score (nSPS) is 14.7. The van der Waals surface area contributed by atoms with Crippen LogP contribution in [0.4, 0.5) is 11.4 Å². The Balaban J connectivity index is -0.000000542. The molecule has 93 heavy (non-hydrogen) atoms. The van der Waals surface area contributed by atoms with Crippen molar-refractivity contribution < 1.29 is 230 Å². The lowest BCUT2D eigenvalue weighted by atomic mass is 10.2. The summed E-state index contributed by atoms with van der Waals surface area (Å²) < 4.78 is 179. The van der Waals surface area contributed by atoms with Crippen molar-refractivity contribution in [2.45, 2.75) is 78.8 Å². The van der Waals surface area contributed by atoms with Gasteiger partial charge in [0, 0.05) is 11.4 Å². The van der Waals surface area contributed by atoms with Crippen LogP contribution < -0.4 is 11.5 Å². The van der Waals surface area contributed by atoms with E-state index in [0.29, 0.717) is 0 Å². The van der Waals surface area contributed by atoms with Crippen LogP contribution in [0.2, 0.25) is 0 Å². The van der Waals surface area contributed by atoms with Gasteiger partial charge >= 0.3 is 122 Å². The summed E-state index contributed by atoms with van der Waals surface area (Å²) in [7, 11) is -91.0. The van der Waals surface area contributed by atoms with Gasteiger partial charge in [0.1, 0.15) is 0 Å². The zero-order valence-corrected chi connectivity index (χ0v) is 60.9. The van der Waals surface area contributed by atoms with Gasteiger partial charge in [-0.2, -0.15) is 0 Å². The van der Waals surface area contributed by atoms with Crippen molar-refractivity contribution in [3.63, 3.8) is 0 Å². The summed E-state index contributed by atoms with van der Waals surface area (Å²) in [6.45, 7) is 2.34. The van der Waals surface area contributed by atoms with Gasteiger partial charge in [-0.3, -0.25) is 92.6 Å². The van der Waals surface area contributed by atoms with Gasteiger partial charge in [-0.05, 0) is 50.8 Å². The van der Waals surface area contributed by atoms with Crippen LogP contribution in [-0.4, -0.2) is 247 Å². The molecule has 1 rings (SSSR count). The highest BCUT2D eigenvalue weighted by molar-refractivity contribution is 7.75. The molecule has 0 saturated heterocycles. The predicted molar refractivity (Wildman–Crippen MR) is 313 cm³/mol. The summed E-state index contributed by atoms with van der Waals surface area (Å²) in [5.74, 6) is 0. The fourth-order valence-electron chi connectivity index (χ4n) is 7.10. The molecule has 0 aliphatic heterocycles. The Labute approximate surface area is 520 Å². The maximum absolute atomic E-state index is 11.2. The maximum Gasteiger partial charge on any atom is 0.355 e. The summed E-state index contributed by atoms with van der Waals surface area (Å²) in [6.07, 6.45) is 0. The Kier molecular flexibility index (Phi) is 38.3. The van der Waals surface area contributed by atoms with Crippen LogP contribution in [0.25, 0.3) is 0 Å². The van der Waals surface area contributed by atoms with Crippen molar-refractivity contribution >= 4 is 133 Å². The SMILES string of the molecule is CCN(C(P(=O)(O)O)P(=O)(O)O)C(P(=O)(O)O)P(=O)(O)O.CCN(C(P(=O)(O)O)P(=O)(O)O)C(P(=O)(O)O)P(=O)(O)O.CCN(C(P(=O)(O)O)P(=O)(O)O)C(P(=O)(O)O)P(=O)(O)O.CCN(C(P(=O)(O)O)P(=O)(O)O)C(P(=O)(O)O)P(=O)(O)O.Cc1ccc(N)cc1N. The Morgan fingerprint density at radius 1 is 0.258 bits per heavy atom. The average molecular weight is 1690 g/mol. The summed E-state index contributed by atoms with van der Waals surface area (Å²) in [5.41, 5.74) is -11.2. The molecule has 0 aliphatic carbocycles. The lowest BCUT2D eigenvalue weighted by molar-refractivity contribution is 0.203. The Morgan fingerprint density at radius 3 is 0.430 bits per heavy atom. The van der Waals surface area contributed by atoms with Crippen LogP contribution in [0, 0.1) is 6.92 Å². The second kappa shape index (κ2) is 35.5. The first kappa shape index (κ1) is 100. The topological polar surface area (TPSA) is 985 Å². The maximum atomic E-state index is 11.2. The number of nitrogens with two attached hydrogens (primary N) is 2. The second-order valence-corrected chi connectivity index (χ2v) is 47.6. The van der Waals surface area contributed by atoms with Gasteiger partial charge in [0.15, 0.2) is 0 Å². The first-order chi connectivity index (χ1) is 39.9. The molecule has 0 amide bonds. The summed E-state index contributed by atoms with van der Waals surface area (Å²) in [6, 6.07) is 5.51.